The van der Waals surface area contributed by atoms with E-state index in [1.54, 1.807) is 117 Å². The number of ether oxygens (including phenoxy) is 9. The number of carboxylic acid groups (broad SMARTS) is 1. The van der Waals surface area contributed by atoms with Crippen molar-refractivity contribution in [2.45, 2.75) is 89.9 Å². The van der Waals surface area contributed by atoms with Crippen LogP contribution in [-0.2, 0) is 28.5 Å². The quantitative estimate of drug-likeness (QED) is 0.0270. The number of aromatic amines is 2. The molecular weight excluding hydrogens is 1490 g/mol. The highest BCUT2D eigenvalue weighted by Crippen LogP contribution is 2.34. The molecule has 580 valence electrons. The van der Waals surface area contributed by atoms with Gasteiger partial charge in [0.15, 0.2) is 5.82 Å². The molecule has 8 aromatic carbocycles. The van der Waals surface area contributed by atoms with Crippen LogP contribution in [0.5, 0.6) is 28.9 Å². The molecule has 0 spiro atoms. The molecule has 13 rings (SSSR count). The molecule has 0 bridgehead atoms. The normalized spacial score (nSPS) is 14.8. The molecule has 29 heteroatoms. The summed E-state index contributed by atoms with van der Waals surface area (Å²) in [5, 5.41) is 26.9. The summed E-state index contributed by atoms with van der Waals surface area (Å²) >= 11 is 3.12. The van der Waals surface area contributed by atoms with Gasteiger partial charge in [-0.3, -0.25) is 24.8 Å². The number of fused-ring (bicyclic) bond motifs is 3. The molecule has 2 fully saturated rings. The molecule has 0 radical (unpaired) electrons. The third kappa shape index (κ3) is 23.6. The molecular formula is C82H87BrN10O18. The number of aromatic nitrogens is 6. The Balaban J connectivity index is 0.000000177. The first-order valence-electron chi connectivity index (χ1n) is 34.6. The summed E-state index contributed by atoms with van der Waals surface area (Å²) in [6.07, 6.45) is -2.01. The summed E-state index contributed by atoms with van der Waals surface area (Å²) in [4.78, 5) is 110. The Morgan fingerprint density at radius 3 is 1.30 bits per heavy atom. The maximum absolute atomic E-state index is 12.8. The topological polar surface area (TPSA) is 383 Å². The molecule has 5 heterocycles. The molecule has 2 aliphatic heterocycles. The van der Waals surface area contributed by atoms with Gasteiger partial charge >= 0.3 is 30.1 Å². The van der Waals surface area contributed by atoms with Crippen molar-refractivity contribution in [2.75, 3.05) is 55.7 Å². The first kappa shape index (κ1) is 83.9. The lowest BCUT2D eigenvalue weighted by atomic mass is 10.1. The molecule has 2 unspecified atom stereocenters. The third-order valence-electron chi connectivity index (χ3n) is 16.3. The van der Waals surface area contributed by atoms with E-state index < -0.39 is 65.6 Å². The smallest absolute Gasteiger partial charge is 0.411 e. The second-order valence-electron chi connectivity index (χ2n) is 26.6. The zero-order chi connectivity index (χ0) is 80.7. The number of β-amino-alcohol motifs (C(OH)–C–C–N with tert-alkyl or cyclic N) is 1. The Morgan fingerprint density at radius 2 is 0.892 bits per heavy atom. The predicted molar refractivity (Wildman–Crippen MR) is 422 cm³/mol. The van der Waals surface area contributed by atoms with E-state index in [4.69, 9.17) is 59.1 Å². The molecule has 2 saturated heterocycles. The summed E-state index contributed by atoms with van der Waals surface area (Å²) < 4.78 is 47.5. The van der Waals surface area contributed by atoms with E-state index >= 15 is 0 Å². The second kappa shape index (κ2) is 38.9. The number of carbonyl (C=O) groups excluding carboxylic acids is 4. The standard InChI is InChI=1S/C26H29N3O6.2C15H12N2O2.C11H19NO5.C8H7BrO3.C7H8N2/c1-26(2,3)35-25(31)29-15-18(14-21(29)24(30)33-5)34-23-19-13-17(32-4)11-12-20(19)27-22(28-23)16-9-7-6-8-10-16;2*1-19-11-7-8-13-12(9-11)15(18)17-14(16-13)10-5-3-2-4-6-10;1-11(2,3)17-10(15)12-6-7(13)5-8(12)9(14)16-4;1-12-5-2-3-7(9)6(4-5)8(10)11;8-7(9)6-4-2-1-3-5-6/h6-13,18,21H,14-15H2,1-5H3;2*2-9H,1H3,(H,16,17,18);7-8,13H,5-6H2,1-4H3;2-4H,1H3,(H,10,11);1-5H,(H3,8,9)/t18?,21-;;;7?,8-;;/m0..0../s1. The average Bonchev–Trinajstić information content (AvgIpc) is 1.42. The number of carbonyl (C=O) groups is 5. The number of likely N-dealkylation sites (tertiary alicyclic amines) is 2. The SMILES string of the molecule is COC(=O)[C@@H]1CC(O)CN1C(=O)OC(C)(C)C.COC(=O)[C@@H]1CC(Oc2nc(-c3ccccc3)nc3ccc(OC)cc23)CN1C(=O)OC(C)(C)C.COc1ccc(Br)c(C(=O)O)c1.COc1ccc2nc(-c3ccccc3)[nH]c(=O)c2c1.COc1ccc2nc(-c3ccccc3)[nH]c(=O)c2c1.N=C(N)c1ccccc1. The van der Waals surface area contributed by atoms with Crippen LogP contribution in [-0.4, -0.2) is 177 Å². The highest BCUT2D eigenvalue weighted by Gasteiger charge is 2.44. The van der Waals surface area contributed by atoms with Gasteiger partial charge in [-0.1, -0.05) is 121 Å². The van der Waals surface area contributed by atoms with Crippen LogP contribution >= 0.6 is 15.9 Å². The van der Waals surface area contributed by atoms with Crippen molar-refractivity contribution >= 4 is 84.6 Å². The predicted octanol–water partition coefficient (Wildman–Crippen LogP) is 13.1. The number of nitrogens with one attached hydrogen (secondary N) is 3. The molecule has 111 heavy (non-hydrogen) atoms. The molecule has 4 atom stereocenters. The van der Waals surface area contributed by atoms with E-state index in [2.05, 4.69) is 45.6 Å². The van der Waals surface area contributed by atoms with Crippen molar-refractivity contribution in [3.05, 3.63) is 230 Å². The number of aliphatic hydroxyl groups excluding tert-OH is 1. The number of aliphatic hydroxyl groups is 1. The van der Waals surface area contributed by atoms with Crippen LogP contribution in [0.1, 0.15) is 70.3 Å². The van der Waals surface area contributed by atoms with E-state index in [9.17, 15) is 38.7 Å². The summed E-state index contributed by atoms with van der Waals surface area (Å²) in [6.45, 7) is 10.8. The minimum absolute atomic E-state index is 0.0919. The highest BCUT2D eigenvalue weighted by atomic mass is 79.9. The number of nitrogens with two attached hydrogens (primary N) is 1. The van der Waals surface area contributed by atoms with E-state index in [0.717, 1.165) is 22.3 Å². The van der Waals surface area contributed by atoms with Crippen molar-refractivity contribution in [3.63, 3.8) is 0 Å². The molecule has 28 nitrogen and oxygen atoms in total. The fraction of sp³-hybridized carbons (Fsp3) is 0.268. The number of hydrogen-bond donors (Lipinski definition) is 6. The summed E-state index contributed by atoms with van der Waals surface area (Å²) in [5.41, 5.74) is 9.11. The Kier molecular flexibility index (Phi) is 29.4. The van der Waals surface area contributed by atoms with Crippen molar-refractivity contribution in [1.29, 1.82) is 5.41 Å². The van der Waals surface area contributed by atoms with Gasteiger partial charge in [0, 0.05) is 39.6 Å². The summed E-state index contributed by atoms with van der Waals surface area (Å²) in [5.74, 6) is 2.54. The average molecular weight is 1580 g/mol. The van der Waals surface area contributed by atoms with Crippen molar-refractivity contribution in [1.82, 2.24) is 39.7 Å². The van der Waals surface area contributed by atoms with Gasteiger partial charge in [-0.15, -0.1) is 0 Å². The van der Waals surface area contributed by atoms with Crippen LogP contribution in [0, 0.1) is 5.41 Å². The fourth-order valence-electron chi connectivity index (χ4n) is 11.0. The second-order valence-corrected chi connectivity index (χ2v) is 27.4. The van der Waals surface area contributed by atoms with Crippen molar-refractivity contribution in [3.8, 4) is 63.0 Å². The van der Waals surface area contributed by atoms with Gasteiger partial charge < -0.3 is 68.5 Å². The third-order valence-corrected chi connectivity index (χ3v) is 17.0. The molecule has 3 aromatic heterocycles. The highest BCUT2D eigenvalue weighted by molar-refractivity contribution is 9.10. The van der Waals surface area contributed by atoms with E-state index in [1.807, 2.05) is 133 Å². The van der Waals surface area contributed by atoms with Crippen LogP contribution in [0.3, 0.4) is 0 Å². The number of nitrogens with zero attached hydrogens (tertiary/aromatic N) is 6. The Hall–Kier alpha value is -12.8. The number of methoxy groups -OCH3 is 6. The van der Waals surface area contributed by atoms with Gasteiger partial charge in [-0.2, -0.15) is 4.98 Å². The summed E-state index contributed by atoms with van der Waals surface area (Å²) in [6, 6.07) is 57.2. The largest absolute Gasteiger partial charge is 0.497 e. The van der Waals surface area contributed by atoms with Crippen LogP contribution in [0.25, 0.3) is 66.9 Å². The van der Waals surface area contributed by atoms with Gasteiger partial charge in [0.05, 0.1) is 100 Å². The van der Waals surface area contributed by atoms with Gasteiger partial charge in [-0.05, 0) is 130 Å². The number of esters is 2. The van der Waals surface area contributed by atoms with Crippen LogP contribution in [0.4, 0.5) is 9.59 Å². The summed E-state index contributed by atoms with van der Waals surface area (Å²) in [7, 11) is 8.76. The van der Waals surface area contributed by atoms with Crippen LogP contribution < -0.4 is 40.5 Å². The van der Waals surface area contributed by atoms with E-state index in [-0.39, 0.29) is 48.4 Å². The van der Waals surface area contributed by atoms with Gasteiger partial charge in [-0.25, -0.2) is 38.9 Å². The number of aromatic carboxylic acids is 1. The number of carboxylic acids is 1. The Bertz CT molecular complexity index is 5030. The number of rotatable bonds is 13. The fourth-order valence-corrected chi connectivity index (χ4v) is 11.4. The molecule has 11 aromatic rings. The molecule has 0 aliphatic carbocycles. The number of amidine groups is 1. The first-order valence-corrected chi connectivity index (χ1v) is 35.4. The number of nitrogen functional groups attached to an aromatic ring is 1. The van der Waals surface area contributed by atoms with Gasteiger partial charge in [0.25, 0.3) is 11.1 Å². The maximum atomic E-state index is 12.8. The molecule has 2 aliphatic rings. The maximum Gasteiger partial charge on any atom is 0.411 e. The first-order chi connectivity index (χ1) is 52.9. The van der Waals surface area contributed by atoms with E-state index in [0.29, 0.717) is 83.5 Å². The lowest BCUT2D eigenvalue weighted by molar-refractivity contribution is -0.146. The van der Waals surface area contributed by atoms with Gasteiger partial charge in [0.2, 0.25) is 5.88 Å². The van der Waals surface area contributed by atoms with Crippen LogP contribution in [0.15, 0.2) is 208 Å². The Labute approximate surface area is 648 Å². The van der Waals surface area contributed by atoms with Gasteiger partial charge in [0.1, 0.15) is 69.9 Å². The lowest BCUT2D eigenvalue weighted by Crippen LogP contribution is -2.44. The minimum atomic E-state index is -0.972. The molecule has 0 saturated carbocycles. The minimum Gasteiger partial charge on any atom is -0.497 e. The lowest BCUT2D eigenvalue weighted by Gasteiger charge is -2.27. The number of H-pyrrole nitrogens is 2. The van der Waals surface area contributed by atoms with Crippen molar-refractivity contribution < 1.29 is 76.8 Å². The van der Waals surface area contributed by atoms with Crippen molar-refractivity contribution in [2.24, 2.45) is 5.73 Å². The van der Waals surface area contributed by atoms with E-state index in [1.165, 1.54) is 37.2 Å². The number of benzene rings is 8. The zero-order valence-electron chi connectivity index (χ0n) is 63.2. The number of amides is 2. The monoisotopic (exact) mass is 1580 g/mol. The Morgan fingerprint density at radius 1 is 0.505 bits per heavy atom. The molecule has 7 N–H and O–H groups in total. The molecule has 2 amide bonds. The van der Waals surface area contributed by atoms with Crippen LogP contribution in [0.2, 0.25) is 0 Å². The number of halogens is 1. The number of hydrogen-bond acceptors (Lipinski definition) is 22. The zero-order valence-corrected chi connectivity index (χ0v) is 64.8.